The average molecular weight is 486 g/mol. The Labute approximate surface area is 198 Å². The first-order valence-electron chi connectivity index (χ1n) is 10.6. The van der Waals surface area contributed by atoms with Crippen LogP contribution in [-0.2, 0) is 21.4 Å². The quantitative estimate of drug-likeness (QED) is 0.405. The SMILES string of the molecule is COc1ccc(S(=O)(=O)N[C@H](C(=O)NCc2cccc(NC(=O)c3ccco3)c2)C(C)C)cc1. The fourth-order valence-corrected chi connectivity index (χ4v) is 4.49. The molecule has 1 heterocycles. The summed E-state index contributed by atoms with van der Waals surface area (Å²) in [7, 11) is -2.43. The lowest BCUT2D eigenvalue weighted by molar-refractivity contribution is -0.123. The molecule has 3 N–H and O–H groups in total. The zero-order valence-electron chi connectivity index (χ0n) is 19.1. The number of sulfonamides is 1. The summed E-state index contributed by atoms with van der Waals surface area (Å²) >= 11 is 0. The number of carbonyl (C=O) groups excluding carboxylic acids is 2. The maximum Gasteiger partial charge on any atom is 0.291 e. The molecule has 0 radical (unpaired) electrons. The summed E-state index contributed by atoms with van der Waals surface area (Å²) in [5.74, 6) is -0.439. The van der Waals surface area contributed by atoms with Gasteiger partial charge in [0.05, 0.1) is 18.3 Å². The molecule has 3 aromatic rings. The Morgan fingerprint density at radius 3 is 2.38 bits per heavy atom. The largest absolute Gasteiger partial charge is 0.497 e. The molecule has 9 nitrogen and oxygen atoms in total. The molecule has 0 saturated carbocycles. The van der Waals surface area contributed by atoms with Crippen LogP contribution < -0.4 is 20.1 Å². The molecule has 0 spiro atoms. The Morgan fingerprint density at radius 1 is 1.03 bits per heavy atom. The monoisotopic (exact) mass is 485 g/mol. The predicted octanol–water partition coefficient (Wildman–Crippen LogP) is 3.16. The van der Waals surface area contributed by atoms with Gasteiger partial charge >= 0.3 is 0 Å². The van der Waals surface area contributed by atoms with Crippen molar-refractivity contribution in [2.45, 2.75) is 31.3 Å². The van der Waals surface area contributed by atoms with E-state index >= 15 is 0 Å². The van der Waals surface area contributed by atoms with E-state index in [1.165, 1.54) is 37.6 Å². The predicted molar refractivity (Wildman–Crippen MR) is 127 cm³/mol. The summed E-state index contributed by atoms with van der Waals surface area (Å²) in [6.07, 6.45) is 1.41. The lowest BCUT2D eigenvalue weighted by Gasteiger charge is -2.22. The molecule has 0 aliphatic carbocycles. The minimum Gasteiger partial charge on any atom is -0.497 e. The van der Waals surface area contributed by atoms with Crippen LogP contribution in [0, 0.1) is 5.92 Å². The third kappa shape index (κ3) is 6.46. The number of benzene rings is 2. The van der Waals surface area contributed by atoms with Crippen molar-refractivity contribution in [3.05, 3.63) is 78.3 Å². The number of hydrogen-bond donors (Lipinski definition) is 3. The fourth-order valence-electron chi connectivity index (χ4n) is 3.14. The van der Waals surface area contributed by atoms with Crippen LogP contribution in [0.5, 0.6) is 5.75 Å². The smallest absolute Gasteiger partial charge is 0.291 e. The molecule has 0 aliphatic rings. The number of hydrogen-bond acceptors (Lipinski definition) is 6. The minimum atomic E-state index is -3.92. The number of amides is 2. The van der Waals surface area contributed by atoms with Gasteiger partial charge in [-0.15, -0.1) is 0 Å². The molecule has 0 fully saturated rings. The summed E-state index contributed by atoms with van der Waals surface area (Å²) in [4.78, 5) is 25.0. The number of rotatable bonds is 10. The van der Waals surface area contributed by atoms with Gasteiger partial charge in [0.15, 0.2) is 5.76 Å². The van der Waals surface area contributed by atoms with Gasteiger partial charge in [0, 0.05) is 12.2 Å². The van der Waals surface area contributed by atoms with Gasteiger partial charge in [-0.2, -0.15) is 4.72 Å². The second-order valence-electron chi connectivity index (χ2n) is 7.87. The standard InChI is InChI=1S/C24H27N3O6S/c1-16(2)22(27-34(30,31)20-11-9-19(32-3)10-12-20)24(29)25-15-17-6-4-7-18(14-17)26-23(28)21-8-5-13-33-21/h4-14,16,22,27H,15H2,1-3H3,(H,25,29)(H,26,28)/t22-/m0/s1. The summed E-state index contributed by atoms with van der Waals surface area (Å²) in [5.41, 5.74) is 1.26. The molecule has 0 aliphatic heterocycles. The topological polar surface area (TPSA) is 127 Å². The third-order valence-corrected chi connectivity index (χ3v) is 6.45. The summed E-state index contributed by atoms with van der Waals surface area (Å²) in [6, 6.07) is 15.1. The van der Waals surface area contributed by atoms with Gasteiger partial charge in [0.25, 0.3) is 5.91 Å². The molecule has 180 valence electrons. The van der Waals surface area contributed by atoms with Gasteiger partial charge in [-0.05, 0) is 60.0 Å². The van der Waals surface area contributed by atoms with E-state index in [-0.39, 0.29) is 29.0 Å². The number of methoxy groups -OCH3 is 1. The van der Waals surface area contributed by atoms with Gasteiger partial charge in [-0.25, -0.2) is 8.42 Å². The van der Waals surface area contributed by atoms with Crippen molar-refractivity contribution < 1.29 is 27.2 Å². The average Bonchev–Trinajstić information content (AvgIpc) is 3.36. The Hall–Kier alpha value is -3.63. The Balaban J connectivity index is 1.64. The van der Waals surface area contributed by atoms with Gasteiger partial charge in [0.2, 0.25) is 15.9 Å². The van der Waals surface area contributed by atoms with Gasteiger partial charge < -0.3 is 19.8 Å². The zero-order chi connectivity index (χ0) is 24.7. The first-order valence-corrected chi connectivity index (χ1v) is 12.1. The highest BCUT2D eigenvalue weighted by molar-refractivity contribution is 7.89. The molecule has 0 saturated heterocycles. The van der Waals surface area contributed by atoms with E-state index in [1.54, 1.807) is 50.2 Å². The summed E-state index contributed by atoms with van der Waals surface area (Å²) in [6.45, 7) is 3.66. The van der Waals surface area contributed by atoms with E-state index in [4.69, 9.17) is 9.15 Å². The van der Waals surface area contributed by atoms with Crippen molar-refractivity contribution in [3.8, 4) is 5.75 Å². The molecule has 0 bridgehead atoms. The maximum atomic E-state index is 12.8. The van der Waals surface area contributed by atoms with E-state index < -0.39 is 22.0 Å². The highest BCUT2D eigenvalue weighted by atomic mass is 32.2. The van der Waals surface area contributed by atoms with E-state index in [1.807, 2.05) is 0 Å². The first kappa shape index (κ1) is 25.0. The van der Waals surface area contributed by atoms with E-state index in [0.717, 1.165) is 5.56 Å². The van der Waals surface area contributed by atoms with Crippen molar-refractivity contribution in [2.24, 2.45) is 5.92 Å². The summed E-state index contributed by atoms with van der Waals surface area (Å²) < 4.78 is 38.2. The lowest BCUT2D eigenvalue weighted by Crippen LogP contribution is -2.49. The number of furan rings is 1. The van der Waals surface area contributed by atoms with Crippen molar-refractivity contribution >= 4 is 27.5 Å². The van der Waals surface area contributed by atoms with Crippen LogP contribution in [0.4, 0.5) is 5.69 Å². The molecular formula is C24H27N3O6S. The fraction of sp³-hybridized carbons (Fsp3) is 0.250. The van der Waals surface area contributed by atoms with Crippen molar-refractivity contribution in [1.82, 2.24) is 10.0 Å². The Morgan fingerprint density at radius 2 is 1.76 bits per heavy atom. The number of carbonyl (C=O) groups is 2. The van der Waals surface area contributed by atoms with Crippen LogP contribution in [0.2, 0.25) is 0 Å². The Kier molecular flexibility index (Phi) is 8.08. The molecule has 34 heavy (non-hydrogen) atoms. The number of anilines is 1. The lowest BCUT2D eigenvalue weighted by atomic mass is 10.0. The first-order chi connectivity index (χ1) is 16.2. The highest BCUT2D eigenvalue weighted by Crippen LogP contribution is 2.17. The number of ether oxygens (including phenoxy) is 1. The molecule has 1 atom stereocenters. The molecule has 1 aromatic heterocycles. The van der Waals surface area contributed by atoms with Gasteiger partial charge in [-0.3, -0.25) is 9.59 Å². The van der Waals surface area contributed by atoms with Crippen molar-refractivity contribution in [2.75, 3.05) is 12.4 Å². The van der Waals surface area contributed by atoms with E-state index in [9.17, 15) is 18.0 Å². The van der Waals surface area contributed by atoms with Crippen LogP contribution in [0.3, 0.4) is 0 Å². The van der Waals surface area contributed by atoms with Gasteiger partial charge in [-0.1, -0.05) is 26.0 Å². The third-order valence-electron chi connectivity index (χ3n) is 5.00. The van der Waals surface area contributed by atoms with Crippen LogP contribution in [0.15, 0.2) is 76.2 Å². The molecule has 10 heteroatoms. The van der Waals surface area contributed by atoms with Crippen LogP contribution in [0.1, 0.15) is 30.0 Å². The zero-order valence-corrected chi connectivity index (χ0v) is 19.9. The molecule has 2 amide bonds. The summed E-state index contributed by atoms with van der Waals surface area (Å²) in [5, 5.41) is 5.49. The van der Waals surface area contributed by atoms with Gasteiger partial charge in [0.1, 0.15) is 11.8 Å². The normalized spacial score (nSPS) is 12.2. The molecule has 0 unspecified atom stereocenters. The molecule has 3 rings (SSSR count). The highest BCUT2D eigenvalue weighted by Gasteiger charge is 2.28. The Bertz CT molecular complexity index is 1220. The maximum absolute atomic E-state index is 12.8. The van der Waals surface area contributed by atoms with Crippen molar-refractivity contribution in [3.63, 3.8) is 0 Å². The van der Waals surface area contributed by atoms with Crippen molar-refractivity contribution in [1.29, 1.82) is 0 Å². The number of nitrogens with one attached hydrogen (secondary N) is 3. The van der Waals surface area contributed by atoms with E-state index in [0.29, 0.717) is 11.4 Å². The minimum absolute atomic E-state index is 0.0340. The second-order valence-corrected chi connectivity index (χ2v) is 9.58. The molecule has 2 aromatic carbocycles. The van der Waals surface area contributed by atoms with Crippen LogP contribution >= 0.6 is 0 Å². The van der Waals surface area contributed by atoms with Crippen LogP contribution in [0.25, 0.3) is 0 Å². The molecular weight excluding hydrogens is 458 g/mol. The second kappa shape index (κ2) is 11.0. The van der Waals surface area contributed by atoms with Crippen LogP contribution in [-0.4, -0.2) is 33.4 Å². The van der Waals surface area contributed by atoms with E-state index in [2.05, 4.69) is 15.4 Å².